The fourth-order valence-electron chi connectivity index (χ4n) is 1.29. The molecule has 1 aromatic heterocycles. The second-order valence-corrected chi connectivity index (χ2v) is 4.73. The van der Waals surface area contributed by atoms with Crippen LogP contribution >= 0.6 is 11.3 Å². The van der Waals surface area contributed by atoms with E-state index in [1.54, 1.807) is 0 Å². The highest BCUT2D eigenvalue weighted by molar-refractivity contribution is 7.13. The zero-order valence-corrected chi connectivity index (χ0v) is 10.1. The molecular weight excluding hydrogens is 210 g/mol. The summed E-state index contributed by atoms with van der Waals surface area (Å²) in [6.07, 6.45) is 0. The molecule has 5 heteroatoms. The second kappa shape index (κ2) is 5.23. The number of amides is 1. The van der Waals surface area contributed by atoms with Crippen molar-refractivity contribution >= 4 is 22.4 Å². The van der Waals surface area contributed by atoms with Crippen LogP contribution in [-0.2, 0) is 4.79 Å². The first-order valence-electron chi connectivity index (χ1n) is 4.97. The first-order valence-corrected chi connectivity index (χ1v) is 5.85. The van der Waals surface area contributed by atoms with E-state index in [4.69, 9.17) is 5.73 Å². The normalized spacial score (nSPS) is 12.9. The Morgan fingerprint density at radius 1 is 1.67 bits per heavy atom. The van der Waals surface area contributed by atoms with Crippen LogP contribution in [0, 0.1) is 18.8 Å². The molecule has 0 saturated heterocycles. The molecule has 1 unspecified atom stereocenters. The number of aryl methyl sites for hydroxylation is 1. The maximum Gasteiger partial charge on any atom is 0.230 e. The minimum absolute atomic E-state index is 0.0400. The molecule has 0 aliphatic rings. The standard InChI is InChI=1S/C10H17N3OS/c1-6(2)8(4-11)9(14)13-10-12-7(3)5-15-10/h5-6,8H,4,11H2,1-3H3,(H,12,13,14). The van der Waals surface area contributed by atoms with Crippen molar-refractivity contribution in [3.8, 4) is 0 Å². The zero-order chi connectivity index (χ0) is 11.4. The first-order chi connectivity index (χ1) is 7.04. The fraction of sp³-hybridized carbons (Fsp3) is 0.600. The van der Waals surface area contributed by atoms with Crippen molar-refractivity contribution in [1.29, 1.82) is 0 Å². The van der Waals surface area contributed by atoms with Gasteiger partial charge in [-0.05, 0) is 12.8 Å². The van der Waals surface area contributed by atoms with Crippen molar-refractivity contribution in [3.05, 3.63) is 11.1 Å². The summed E-state index contributed by atoms with van der Waals surface area (Å²) >= 11 is 1.43. The van der Waals surface area contributed by atoms with Crippen LogP contribution in [0.5, 0.6) is 0 Å². The Hall–Kier alpha value is -0.940. The molecule has 1 heterocycles. The van der Waals surface area contributed by atoms with Crippen molar-refractivity contribution in [3.63, 3.8) is 0 Å². The topological polar surface area (TPSA) is 68.0 Å². The molecule has 0 aromatic carbocycles. The monoisotopic (exact) mass is 227 g/mol. The van der Waals surface area contributed by atoms with Crippen LogP contribution in [0.1, 0.15) is 19.5 Å². The van der Waals surface area contributed by atoms with Crippen molar-refractivity contribution < 1.29 is 4.79 Å². The molecule has 15 heavy (non-hydrogen) atoms. The van der Waals surface area contributed by atoms with Gasteiger partial charge in [-0.15, -0.1) is 11.3 Å². The van der Waals surface area contributed by atoms with E-state index in [2.05, 4.69) is 10.3 Å². The molecular formula is C10H17N3OS. The summed E-state index contributed by atoms with van der Waals surface area (Å²) in [7, 11) is 0. The molecule has 0 spiro atoms. The highest BCUT2D eigenvalue weighted by Gasteiger charge is 2.21. The van der Waals surface area contributed by atoms with Crippen LogP contribution < -0.4 is 11.1 Å². The van der Waals surface area contributed by atoms with E-state index in [-0.39, 0.29) is 17.7 Å². The molecule has 84 valence electrons. The van der Waals surface area contributed by atoms with Gasteiger partial charge in [-0.25, -0.2) is 4.98 Å². The number of carbonyl (C=O) groups is 1. The average Bonchev–Trinajstić information content (AvgIpc) is 2.51. The van der Waals surface area contributed by atoms with Crippen molar-refractivity contribution in [2.75, 3.05) is 11.9 Å². The number of aromatic nitrogens is 1. The number of carbonyl (C=O) groups excluding carboxylic acids is 1. The third-order valence-corrected chi connectivity index (χ3v) is 3.12. The highest BCUT2D eigenvalue weighted by atomic mass is 32.1. The molecule has 0 radical (unpaired) electrons. The van der Waals surface area contributed by atoms with E-state index >= 15 is 0 Å². The predicted molar refractivity (Wildman–Crippen MR) is 62.9 cm³/mol. The van der Waals surface area contributed by atoms with Crippen LogP contribution in [0.3, 0.4) is 0 Å². The number of anilines is 1. The highest BCUT2D eigenvalue weighted by Crippen LogP contribution is 2.17. The molecule has 0 bridgehead atoms. The number of nitrogens with one attached hydrogen (secondary N) is 1. The zero-order valence-electron chi connectivity index (χ0n) is 9.28. The van der Waals surface area contributed by atoms with Gasteiger partial charge in [-0.1, -0.05) is 13.8 Å². The number of nitrogens with zero attached hydrogens (tertiary/aromatic N) is 1. The Morgan fingerprint density at radius 3 is 2.73 bits per heavy atom. The molecule has 4 nitrogen and oxygen atoms in total. The molecule has 1 amide bonds. The number of rotatable bonds is 4. The van der Waals surface area contributed by atoms with E-state index in [0.29, 0.717) is 11.7 Å². The van der Waals surface area contributed by atoms with Crippen LogP contribution in [0.15, 0.2) is 5.38 Å². The van der Waals surface area contributed by atoms with Gasteiger partial charge in [-0.2, -0.15) is 0 Å². The van der Waals surface area contributed by atoms with Crippen molar-refractivity contribution in [2.24, 2.45) is 17.6 Å². The van der Waals surface area contributed by atoms with Crippen LogP contribution in [0.25, 0.3) is 0 Å². The summed E-state index contributed by atoms with van der Waals surface area (Å²) in [5, 5.41) is 5.34. The third kappa shape index (κ3) is 3.28. The van der Waals surface area contributed by atoms with Gasteiger partial charge in [0.25, 0.3) is 0 Å². The van der Waals surface area contributed by atoms with E-state index in [1.165, 1.54) is 11.3 Å². The van der Waals surface area contributed by atoms with Crippen LogP contribution in [0.4, 0.5) is 5.13 Å². The van der Waals surface area contributed by atoms with Crippen LogP contribution in [-0.4, -0.2) is 17.4 Å². The summed E-state index contributed by atoms with van der Waals surface area (Å²) in [6, 6.07) is 0. The Balaban J connectivity index is 2.62. The number of thiazole rings is 1. The van der Waals surface area contributed by atoms with Gasteiger partial charge >= 0.3 is 0 Å². The van der Waals surface area contributed by atoms with E-state index in [0.717, 1.165) is 5.69 Å². The SMILES string of the molecule is Cc1csc(NC(=O)C(CN)C(C)C)n1. The lowest BCUT2D eigenvalue weighted by Crippen LogP contribution is -2.33. The Kier molecular flexibility index (Phi) is 4.23. The maximum atomic E-state index is 11.8. The molecule has 0 fully saturated rings. The van der Waals surface area contributed by atoms with Gasteiger partial charge in [0.15, 0.2) is 5.13 Å². The molecule has 1 atom stereocenters. The summed E-state index contributed by atoms with van der Waals surface area (Å²) in [6.45, 7) is 6.25. The van der Waals surface area contributed by atoms with Gasteiger partial charge in [-0.3, -0.25) is 4.79 Å². The quantitative estimate of drug-likeness (QED) is 0.821. The minimum atomic E-state index is -0.144. The van der Waals surface area contributed by atoms with Crippen molar-refractivity contribution in [2.45, 2.75) is 20.8 Å². The van der Waals surface area contributed by atoms with E-state index < -0.39 is 0 Å². The third-order valence-electron chi connectivity index (χ3n) is 2.24. The lowest BCUT2D eigenvalue weighted by Gasteiger charge is -2.16. The minimum Gasteiger partial charge on any atom is -0.330 e. The lowest BCUT2D eigenvalue weighted by atomic mass is 9.95. The van der Waals surface area contributed by atoms with Gasteiger partial charge in [0.2, 0.25) is 5.91 Å². The molecule has 3 N–H and O–H groups in total. The van der Waals surface area contributed by atoms with Gasteiger partial charge in [0.05, 0.1) is 11.6 Å². The molecule has 1 aromatic rings. The molecule has 0 saturated carbocycles. The molecule has 0 aliphatic heterocycles. The molecule has 0 aliphatic carbocycles. The summed E-state index contributed by atoms with van der Waals surface area (Å²) in [5.41, 5.74) is 6.48. The van der Waals surface area contributed by atoms with Crippen molar-refractivity contribution in [1.82, 2.24) is 4.98 Å². The summed E-state index contributed by atoms with van der Waals surface area (Å²) in [5.74, 6) is 0.0621. The molecule has 1 rings (SSSR count). The van der Waals surface area contributed by atoms with E-state index in [9.17, 15) is 4.79 Å². The predicted octanol–water partition coefficient (Wildman–Crippen LogP) is 1.62. The number of nitrogens with two attached hydrogens (primary N) is 1. The lowest BCUT2D eigenvalue weighted by molar-refractivity contribution is -0.120. The first kappa shape index (κ1) is 12.1. The summed E-state index contributed by atoms with van der Waals surface area (Å²) in [4.78, 5) is 15.9. The van der Waals surface area contributed by atoms with Gasteiger partial charge < -0.3 is 11.1 Å². The van der Waals surface area contributed by atoms with Gasteiger partial charge in [0.1, 0.15) is 0 Å². The smallest absolute Gasteiger partial charge is 0.230 e. The van der Waals surface area contributed by atoms with E-state index in [1.807, 2.05) is 26.2 Å². The fourth-order valence-corrected chi connectivity index (χ4v) is 1.98. The Morgan fingerprint density at radius 2 is 2.33 bits per heavy atom. The largest absolute Gasteiger partial charge is 0.330 e. The Labute approximate surface area is 93.9 Å². The Bertz CT molecular complexity index is 335. The average molecular weight is 227 g/mol. The van der Waals surface area contributed by atoms with Gasteiger partial charge in [0, 0.05) is 11.9 Å². The maximum absolute atomic E-state index is 11.8. The van der Waals surface area contributed by atoms with Crippen LogP contribution in [0.2, 0.25) is 0 Å². The number of hydrogen-bond acceptors (Lipinski definition) is 4. The number of hydrogen-bond donors (Lipinski definition) is 2. The second-order valence-electron chi connectivity index (χ2n) is 3.87. The summed E-state index contributed by atoms with van der Waals surface area (Å²) < 4.78 is 0.